The summed E-state index contributed by atoms with van der Waals surface area (Å²) in [5, 5.41) is 8.91. The summed E-state index contributed by atoms with van der Waals surface area (Å²) in [4.78, 5) is 24.3. The number of nitriles is 1. The summed E-state index contributed by atoms with van der Waals surface area (Å²) < 4.78 is 0. The molecule has 0 atom stereocenters. The highest BCUT2D eigenvalue weighted by Gasteiger charge is 2.19. The van der Waals surface area contributed by atoms with Gasteiger partial charge in [-0.05, 0) is 49.2 Å². The molecular formula is C22H24N6O. The van der Waals surface area contributed by atoms with Crippen molar-refractivity contribution in [3.05, 3.63) is 59.2 Å². The number of benzene rings is 2. The summed E-state index contributed by atoms with van der Waals surface area (Å²) >= 11 is 0. The highest BCUT2D eigenvalue weighted by atomic mass is 16.1. The van der Waals surface area contributed by atoms with Crippen LogP contribution in [-0.4, -0.2) is 53.5 Å². The predicted octanol–water partition coefficient (Wildman–Crippen LogP) is 2.29. The summed E-state index contributed by atoms with van der Waals surface area (Å²) in [7, 11) is 0. The van der Waals surface area contributed by atoms with Gasteiger partial charge < -0.3 is 20.5 Å². The fraction of sp³-hybridized carbons (Fsp3) is 0.318. The second kappa shape index (κ2) is 8.33. The third-order valence-electron chi connectivity index (χ3n) is 5.46. The second-order valence-electron chi connectivity index (χ2n) is 7.37. The molecule has 1 aliphatic heterocycles. The maximum absolute atomic E-state index is 11.7. The van der Waals surface area contributed by atoms with Gasteiger partial charge in [0.25, 0.3) is 5.91 Å². The Morgan fingerprint density at radius 2 is 1.97 bits per heavy atom. The lowest BCUT2D eigenvalue weighted by molar-refractivity contribution is 0.100. The molecule has 0 unspecified atom stereocenters. The smallest absolute Gasteiger partial charge is 0.250 e. The third kappa shape index (κ3) is 4.23. The van der Waals surface area contributed by atoms with Crippen LogP contribution in [0.1, 0.15) is 27.9 Å². The number of H-pyrrole nitrogens is 1. The molecule has 0 saturated carbocycles. The number of primary amides is 1. The van der Waals surface area contributed by atoms with E-state index in [9.17, 15) is 4.79 Å². The van der Waals surface area contributed by atoms with Gasteiger partial charge in [-0.3, -0.25) is 4.79 Å². The molecular weight excluding hydrogens is 364 g/mol. The van der Waals surface area contributed by atoms with E-state index in [-0.39, 0.29) is 0 Å². The van der Waals surface area contributed by atoms with Crippen LogP contribution >= 0.6 is 0 Å². The van der Waals surface area contributed by atoms with Crippen LogP contribution in [0.3, 0.4) is 0 Å². The molecule has 7 nitrogen and oxygen atoms in total. The Hall–Kier alpha value is -3.37. The van der Waals surface area contributed by atoms with Crippen LogP contribution in [0.4, 0.5) is 5.95 Å². The fourth-order valence-electron chi connectivity index (χ4n) is 3.81. The zero-order valence-electron chi connectivity index (χ0n) is 16.3. The number of fused-ring (bicyclic) bond motifs is 1. The van der Waals surface area contributed by atoms with E-state index in [1.54, 1.807) is 12.1 Å². The first kappa shape index (κ1) is 19.0. The third-order valence-corrected chi connectivity index (χ3v) is 5.46. The summed E-state index contributed by atoms with van der Waals surface area (Å²) in [6.07, 6.45) is 2.02. The number of anilines is 1. The van der Waals surface area contributed by atoms with E-state index in [0.717, 1.165) is 57.0 Å². The molecule has 2 aromatic carbocycles. The Morgan fingerprint density at radius 1 is 1.14 bits per heavy atom. The van der Waals surface area contributed by atoms with Gasteiger partial charge in [0.15, 0.2) is 0 Å². The zero-order valence-corrected chi connectivity index (χ0v) is 16.3. The number of carbonyl (C=O) groups excluding carboxylic acids is 1. The van der Waals surface area contributed by atoms with Gasteiger partial charge in [-0.2, -0.15) is 5.26 Å². The van der Waals surface area contributed by atoms with Crippen LogP contribution in [-0.2, 0) is 6.42 Å². The minimum absolute atomic E-state index is 0.448. The topological polar surface area (TPSA) is 102 Å². The number of imidazole rings is 1. The van der Waals surface area contributed by atoms with Crippen LogP contribution in [0, 0.1) is 11.3 Å². The first-order chi connectivity index (χ1) is 14.1. The molecule has 1 aliphatic rings. The number of aromatic amines is 1. The number of carbonyl (C=O) groups is 1. The van der Waals surface area contributed by atoms with Gasteiger partial charge in [-0.1, -0.05) is 18.2 Å². The highest BCUT2D eigenvalue weighted by Crippen LogP contribution is 2.21. The van der Waals surface area contributed by atoms with Crippen molar-refractivity contribution >= 4 is 22.9 Å². The van der Waals surface area contributed by atoms with Gasteiger partial charge in [0.1, 0.15) is 0 Å². The van der Waals surface area contributed by atoms with E-state index >= 15 is 0 Å². The Balaban J connectivity index is 1.39. The number of para-hydroxylation sites is 1. The van der Waals surface area contributed by atoms with Crippen LogP contribution in [0.15, 0.2) is 42.5 Å². The van der Waals surface area contributed by atoms with E-state index in [4.69, 9.17) is 11.0 Å². The Labute approximate surface area is 169 Å². The number of hydrogen-bond acceptors (Lipinski definition) is 5. The maximum Gasteiger partial charge on any atom is 0.250 e. The first-order valence-electron chi connectivity index (χ1n) is 9.89. The number of rotatable bonds is 5. The van der Waals surface area contributed by atoms with Gasteiger partial charge in [-0.15, -0.1) is 0 Å². The van der Waals surface area contributed by atoms with Crippen molar-refractivity contribution in [3.63, 3.8) is 0 Å². The lowest BCUT2D eigenvalue weighted by Gasteiger charge is -2.21. The summed E-state index contributed by atoms with van der Waals surface area (Å²) in [6, 6.07) is 15.4. The molecule has 7 heteroatoms. The van der Waals surface area contributed by atoms with Crippen LogP contribution in [0.5, 0.6) is 0 Å². The molecule has 3 N–H and O–H groups in total. The lowest BCUT2D eigenvalue weighted by Crippen LogP contribution is -2.32. The number of aromatic nitrogens is 2. The van der Waals surface area contributed by atoms with Crippen molar-refractivity contribution in [2.24, 2.45) is 5.73 Å². The van der Waals surface area contributed by atoms with Crippen molar-refractivity contribution in [3.8, 4) is 6.07 Å². The Kier molecular flexibility index (Phi) is 5.45. The molecule has 0 spiro atoms. The van der Waals surface area contributed by atoms with Crippen molar-refractivity contribution in [2.75, 3.05) is 37.6 Å². The average molecular weight is 388 g/mol. The molecule has 0 aliphatic carbocycles. The Morgan fingerprint density at radius 3 is 2.72 bits per heavy atom. The van der Waals surface area contributed by atoms with Crippen LogP contribution in [0.2, 0.25) is 0 Å². The van der Waals surface area contributed by atoms with Gasteiger partial charge in [0, 0.05) is 26.2 Å². The first-order valence-corrected chi connectivity index (χ1v) is 9.89. The summed E-state index contributed by atoms with van der Waals surface area (Å²) in [5.74, 6) is 0.346. The molecule has 1 aromatic heterocycles. The van der Waals surface area contributed by atoms with Gasteiger partial charge in [0.05, 0.1) is 28.2 Å². The number of hydrogen-bond donors (Lipinski definition) is 2. The molecule has 29 heavy (non-hydrogen) atoms. The quantitative estimate of drug-likeness (QED) is 0.698. The molecule has 148 valence electrons. The molecule has 1 amide bonds. The van der Waals surface area contributed by atoms with Crippen molar-refractivity contribution in [2.45, 2.75) is 12.8 Å². The maximum atomic E-state index is 11.7. The lowest BCUT2D eigenvalue weighted by atomic mass is 10.1. The number of amides is 1. The molecule has 4 rings (SSSR count). The van der Waals surface area contributed by atoms with E-state index in [1.807, 2.05) is 30.3 Å². The highest BCUT2D eigenvalue weighted by molar-refractivity contribution is 6.04. The Bertz CT molecular complexity index is 1050. The molecule has 0 bridgehead atoms. The fourth-order valence-corrected chi connectivity index (χ4v) is 3.81. The van der Waals surface area contributed by atoms with Crippen molar-refractivity contribution in [1.29, 1.82) is 5.26 Å². The van der Waals surface area contributed by atoms with Crippen molar-refractivity contribution < 1.29 is 4.79 Å². The van der Waals surface area contributed by atoms with Crippen LogP contribution < -0.4 is 10.6 Å². The van der Waals surface area contributed by atoms with Gasteiger partial charge in [0.2, 0.25) is 5.95 Å². The van der Waals surface area contributed by atoms with E-state index in [1.165, 1.54) is 5.56 Å². The molecule has 3 aromatic rings. The minimum atomic E-state index is -0.448. The molecule has 0 radical (unpaired) electrons. The van der Waals surface area contributed by atoms with Gasteiger partial charge in [-0.25, -0.2) is 4.98 Å². The molecule has 2 heterocycles. The van der Waals surface area contributed by atoms with E-state index < -0.39 is 5.91 Å². The van der Waals surface area contributed by atoms with E-state index in [2.05, 4.69) is 25.8 Å². The monoisotopic (exact) mass is 388 g/mol. The molecule has 1 saturated heterocycles. The average Bonchev–Trinajstić information content (AvgIpc) is 3.03. The summed E-state index contributed by atoms with van der Waals surface area (Å²) in [5.41, 5.74) is 9.38. The second-order valence-corrected chi connectivity index (χ2v) is 7.37. The minimum Gasteiger partial charge on any atom is -0.366 e. The summed E-state index contributed by atoms with van der Waals surface area (Å²) in [6.45, 7) is 4.78. The van der Waals surface area contributed by atoms with Gasteiger partial charge >= 0.3 is 0 Å². The number of nitrogens with zero attached hydrogens (tertiary/aromatic N) is 4. The van der Waals surface area contributed by atoms with E-state index in [0.29, 0.717) is 16.6 Å². The number of nitrogens with one attached hydrogen (secondary N) is 1. The van der Waals surface area contributed by atoms with Crippen molar-refractivity contribution in [1.82, 2.24) is 14.9 Å². The normalized spacial score (nSPS) is 15.2. The predicted molar refractivity (Wildman–Crippen MR) is 113 cm³/mol. The van der Waals surface area contributed by atoms with Crippen LogP contribution in [0.25, 0.3) is 11.0 Å². The molecule has 1 fully saturated rings. The zero-order chi connectivity index (χ0) is 20.2. The standard InChI is InChI=1S/C22H24N6O/c23-15-17-7-5-16(6-8-17)9-12-27-10-2-11-28(14-13-27)22-25-19-4-1-3-18(21(24)29)20(19)26-22/h1,3-8H,2,9-14H2,(H2,24,29)(H,25,26). The SMILES string of the molecule is N#Cc1ccc(CCN2CCCN(c3nc4cccc(C(N)=O)c4[nH]3)CC2)cc1. The largest absolute Gasteiger partial charge is 0.366 e. The number of nitrogens with two attached hydrogens (primary N) is 1.